The molecular formula is C13H21NO2S. The molecule has 0 bridgehead atoms. The van der Waals surface area contributed by atoms with Gasteiger partial charge in [0.05, 0.1) is 19.3 Å². The van der Waals surface area contributed by atoms with Crippen molar-refractivity contribution in [2.75, 3.05) is 19.7 Å². The lowest BCUT2D eigenvalue weighted by Crippen LogP contribution is -2.31. The van der Waals surface area contributed by atoms with Gasteiger partial charge in [0, 0.05) is 11.4 Å². The molecule has 2 rings (SSSR count). The number of aliphatic hydroxyl groups excluding tert-OH is 1. The summed E-state index contributed by atoms with van der Waals surface area (Å²) in [7, 11) is 0. The Balaban J connectivity index is 1.47. The standard InChI is InChI=1S/C13H21NO2S/c1-10-5-11(10)6-14-7-12(15)8-16-9-13-3-2-4-17-13/h2-4,10-12,14-15H,5-9H2,1H3. The molecular weight excluding hydrogens is 234 g/mol. The van der Waals surface area contributed by atoms with Crippen LogP contribution in [0.15, 0.2) is 17.5 Å². The highest BCUT2D eigenvalue weighted by atomic mass is 32.1. The van der Waals surface area contributed by atoms with Gasteiger partial charge in [-0.25, -0.2) is 0 Å². The van der Waals surface area contributed by atoms with Crippen LogP contribution in [0.1, 0.15) is 18.2 Å². The van der Waals surface area contributed by atoms with E-state index in [1.807, 2.05) is 17.5 Å². The van der Waals surface area contributed by atoms with Gasteiger partial charge in [0.15, 0.2) is 0 Å². The Morgan fingerprint density at radius 2 is 2.47 bits per heavy atom. The van der Waals surface area contributed by atoms with Crippen LogP contribution in [0.2, 0.25) is 0 Å². The fourth-order valence-electron chi connectivity index (χ4n) is 1.87. The van der Waals surface area contributed by atoms with Gasteiger partial charge in [0.1, 0.15) is 0 Å². The Hall–Kier alpha value is -0.420. The second-order valence-electron chi connectivity index (χ2n) is 4.88. The number of hydrogen-bond donors (Lipinski definition) is 2. The summed E-state index contributed by atoms with van der Waals surface area (Å²) in [5.74, 6) is 1.70. The molecule has 3 atom stereocenters. The number of rotatable bonds is 8. The zero-order chi connectivity index (χ0) is 12.1. The first-order valence-corrected chi connectivity index (χ1v) is 7.12. The molecule has 1 aliphatic carbocycles. The van der Waals surface area contributed by atoms with E-state index >= 15 is 0 Å². The average molecular weight is 255 g/mol. The molecule has 1 aliphatic rings. The zero-order valence-electron chi connectivity index (χ0n) is 10.3. The van der Waals surface area contributed by atoms with Crippen LogP contribution in [-0.2, 0) is 11.3 Å². The summed E-state index contributed by atoms with van der Waals surface area (Å²) < 4.78 is 5.45. The Bertz CT molecular complexity index is 315. The quantitative estimate of drug-likeness (QED) is 0.745. The Morgan fingerprint density at radius 1 is 1.65 bits per heavy atom. The third-order valence-electron chi connectivity index (χ3n) is 3.20. The van der Waals surface area contributed by atoms with Crippen LogP contribution in [0.3, 0.4) is 0 Å². The summed E-state index contributed by atoms with van der Waals surface area (Å²) in [6, 6.07) is 4.06. The molecule has 1 heterocycles. The lowest BCUT2D eigenvalue weighted by Gasteiger charge is -2.11. The van der Waals surface area contributed by atoms with Gasteiger partial charge < -0.3 is 15.2 Å². The molecule has 3 unspecified atom stereocenters. The number of nitrogens with one attached hydrogen (secondary N) is 1. The van der Waals surface area contributed by atoms with Gasteiger partial charge >= 0.3 is 0 Å². The van der Waals surface area contributed by atoms with Crippen molar-refractivity contribution in [2.45, 2.75) is 26.1 Å². The topological polar surface area (TPSA) is 41.5 Å². The fraction of sp³-hybridized carbons (Fsp3) is 0.692. The van der Waals surface area contributed by atoms with E-state index < -0.39 is 6.10 Å². The summed E-state index contributed by atoms with van der Waals surface area (Å²) in [6.45, 7) is 4.95. The molecule has 96 valence electrons. The van der Waals surface area contributed by atoms with Gasteiger partial charge in [-0.3, -0.25) is 0 Å². The Labute approximate surface area is 107 Å². The molecule has 0 saturated heterocycles. The lowest BCUT2D eigenvalue weighted by atomic mass is 10.3. The van der Waals surface area contributed by atoms with Crippen LogP contribution >= 0.6 is 11.3 Å². The summed E-state index contributed by atoms with van der Waals surface area (Å²) in [4.78, 5) is 1.21. The predicted octanol–water partition coefficient (Wildman–Crippen LogP) is 1.87. The highest BCUT2D eigenvalue weighted by Gasteiger charge is 2.31. The van der Waals surface area contributed by atoms with E-state index in [1.54, 1.807) is 11.3 Å². The molecule has 1 fully saturated rings. The van der Waals surface area contributed by atoms with E-state index in [0.29, 0.717) is 19.8 Å². The van der Waals surface area contributed by atoms with E-state index in [1.165, 1.54) is 11.3 Å². The number of hydrogen-bond acceptors (Lipinski definition) is 4. The van der Waals surface area contributed by atoms with E-state index in [9.17, 15) is 5.11 Å². The van der Waals surface area contributed by atoms with Gasteiger partial charge in [-0.1, -0.05) is 13.0 Å². The first-order chi connectivity index (χ1) is 8.25. The first kappa shape index (κ1) is 13.0. The summed E-state index contributed by atoms with van der Waals surface area (Å²) in [6.07, 6.45) is 0.932. The van der Waals surface area contributed by atoms with Crippen LogP contribution in [0.5, 0.6) is 0 Å². The normalized spacial score (nSPS) is 24.8. The zero-order valence-corrected chi connectivity index (χ0v) is 11.1. The van der Waals surface area contributed by atoms with Gasteiger partial charge in [0.2, 0.25) is 0 Å². The highest BCUT2D eigenvalue weighted by molar-refractivity contribution is 7.09. The van der Waals surface area contributed by atoms with Gasteiger partial charge in [-0.2, -0.15) is 0 Å². The Morgan fingerprint density at radius 3 is 3.12 bits per heavy atom. The van der Waals surface area contributed by atoms with Crippen LogP contribution in [0.25, 0.3) is 0 Å². The molecule has 2 N–H and O–H groups in total. The van der Waals surface area contributed by atoms with E-state index in [2.05, 4.69) is 12.2 Å². The monoisotopic (exact) mass is 255 g/mol. The molecule has 0 radical (unpaired) electrons. The maximum Gasteiger partial charge on any atom is 0.0897 e. The maximum absolute atomic E-state index is 9.69. The van der Waals surface area contributed by atoms with Crippen molar-refractivity contribution in [2.24, 2.45) is 11.8 Å². The van der Waals surface area contributed by atoms with Crippen molar-refractivity contribution in [1.82, 2.24) is 5.32 Å². The molecule has 17 heavy (non-hydrogen) atoms. The van der Waals surface area contributed by atoms with E-state index in [4.69, 9.17) is 4.74 Å². The van der Waals surface area contributed by atoms with E-state index in [-0.39, 0.29) is 0 Å². The molecule has 4 heteroatoms. The summed E-state index contributed by atoms with van der Waals surface area (Å²) >= 11 is 1.68. The van der Waals surface area contributed by atoms with Crippen molar-refractivity contribution in [1.29, 1.82) is 0 Å². The van der Waals surface area contributed by atoms with Crippen molar-refractivity contribution >= 4 is 11.3 Å². The van der Waals surface area contributed by atoms with Gasteiger partial charge in [0.25, 0.3) is 0 Å². The fourth-order valence-corrected chi connectivity index (χ4v) is 2.51. The minimum Gasteiger partial charge on any atom is -0.389 e. The number of aliphatic hydroxyl groups is 1. The van der Waals surface area contributed by atoms with Crippen LogP contribution in [-0.4, -0.2) is 30.9 Å². The summed E-state index contributed by atoms with van der Waals surface area (Å²) in [5, 5.41) is 15.0. The minimum absolute atomic E-state index is 0.399. The summed E-state index contributed by atoms with van der Waals surface area (Å²) in [5.41, 5.74) is 0. The van der Waals surface area contributed by atoms with Crippen molar-refractivity contribution < 1.29 is 9.84 Å². The molecule has 0 spiro atoms. The molecule has 3 nitrogen and oxygen atoms in total. The van der Waals surface area contributed by atoms with Crippen LogP contribution in [0, 0.1) is 11.8 Å². The molecule has 1 aromatic heterocycles. The molecule has 0 aromatic carbocycles. The third-order valence-corrected chi connectivity index (χ3v) is 4.05. The maximum atomic E-state index is 9.69. The van der Waals surface area contributed by atoms with Crippen molar-refractivity contribution in [3.05, 3.63) is 22.4 Å². The lowest BCUT2D eigenvalue weighted by molar-refractivity contribution is 0.0298. The second kappa shape index (κ2) is 6.50. The molecule has 1 saturated carbocycles. The highest BCUT2D eigenvalue weighted by Crippen LogP contribution is 2.36. The van der Waals surface area contributed by atoms with Crippen LogP contribution < -0.4 is 5.32 Å². The number of ether oxygens (including phenoxy) is 1. The molecule has 0 aliphatic heterocycles. The van der Waals surface area contributed by atoms with Gasteiger partial charge in [-0.15, -0.1) is 11.3 Å². The van der Waals surface area contributed by atoms with Crippen LogP contribution in [0.4, 0.5) is 0 Å². The second-order valence-corrected chi connectivity index (χ2v) is 5.91. The van der Waals surface area contributed by atoms with E-state index in [0.717, 1.165) is 18.4 Å². The smallest absolute Gasteiger partial charge is 0.0897 e. The SMILES string of the molecule is CC1CC1CNCC(O)COCc1cccs1. The predicted molar refractivity (Wildman–Crippen MR) is 70.1 cm³/mol. The number of thiophene rings is 1. The van der Waals surface area contributed by atoms with Crippen molar-refractivity contribution in [3.8, 4) is 0 Å². The largest absolute Gasteiger partial charge is 0.389 e. The average Bonchev–Trinajstić information content (AvgIpc) is 2.81. The molecule has 0 amide bonds. The van der Waals surface area contributed by atoms with Gasteiger partial charge in [-0.05, 0) is 36.2 Å². The molecule has 1 aromatic rings. The van der Waals surface area contributed by atoms with Crippen molar-refractivity contribution in [3.63, 3.8) is 0 Å². The Kier molecular flexibility index (Phi) is 4.98. The first-order valence-electron chi connectivity index (χ1n) is 6.24. The minimum atomic E-state index is -0.399. The third kappa shape index (κ3) is 4.76.